The lowest BCUT2D eigenvalue weighted by Crippen LogP contribution is -2.41. The third-order valence-electron chi connectivity index (χ3n) is 12.8. The van der Waals surface area contributed by atoms with E-state index in [2.05, 4.69) is 25.0 Å². The summed E-state index contributed by atoms with van der Waals surface area (Å²) in [6.07, 6.45) is 0. The van der Waals surface area contributed by atoms with Gasteiger partial charge in [0.25, 0.3) is 20.2 Å². The van der Waals surface area contributed by atoms with Crippen molar-refractivity contribution in [1.29, 1.82) is 0 Å². The Kier molecular flexibility index (Phi) is 8.86. The SMILES string of the molecule is O=S(=O)(O)c1c2c(c(S(=O)(=O)O)c3ccccc13)C1(S(=O)(=O)O)N=C3N=C(N=C4N=C(c5cc6ccccc6cc54)N(S(=O)(=O)O)C4=NC(=NC2=N1)c1cc2ccccc2cc14)c1cc2ccccc2cc13. The van der Waals surface area contributed by atoms with E-state index in [1.54, 1.807) is 97.1 Å². The Labute approximate surface area is 406 Å². The van der Waals surface area contributed by atoms with Crippen molar-refractivity contribution in [3.05, 3.63) is 178 Å². The van der Waals surface area contributed by atoms with Gasteiger partial charge in [0, 0.05) is 44.2 Å². The van der Waals surface area contributed by atoms with Crippen molar-refractivity contribution in [2.75, 3.05) is 0 Å². The second kappa shape index (κ2) is 14.5. The number of aliphatic imine (C=N–C) groups is 7. The number of nitrogens with zero attached hydrogens (tertiary/aromatic N) is 8. The lowest BCUT2D eigenvalue weighted by molar-refractivity contribution is 0.433. The predicted octanol–water partition coefficient (Wildman–Crippen LogP) is 6.29. The largest absolute Gasteiger partial charge is 0.366 e. The summed E-state index contributed by atoms with van der Waals surface area (Å²) < 4.78 is 159. The normalized spacial score (nSPS) is 18.2. The molecule has 8 aromatic rings. The molecule has 8 aromatic carbocycles. The molecule has 354 valence electrons. The molecule has 0 radical (unpaired) electrons. The molecule has 8 bridgehead atoms. The van der Waals surface area contributed by atoms with Crippen LogP contribution in [0.2, 0.25) is 0 Å². The van der Waals surface area contributed by atoms with Gasteiger partial charge in [0.15, 0.2) is 40.8 Å². The van der Waals surface area contributed by atoms with Crippen LogP contribution in [0.4, 0.5) is 0 Å². The molecule has 4 N–H and O–H groups in total. The molecule has 0 aliphatic carbocycles. The molecule has 0 aromatic heterocycles. The average molecular weight is 1040 g/mol. The maximum Gasteiger partial charge on any atom is 0.366 e. The number of benzene rings is 8. The van der Waals surface area contributed by atoms with Crippen LogP contribution in [0.15, 0.2) is 178 Å². The third kappa shape index (κ3) is 6.31. The summed E-state index contributed by atoms with van der Waals surface area (Å²) in [7, 11) is -23.0. The van der Waals surface area contributed by atoms with E-state index in [0.29, 0.717) is 36.6 Å². The molecule has 5 aliphatic heterocycles. The van der Waals surface area contributed by atoms with Gasteiger partial charge in [0.2, 0.25) is 0 Å². The molecule has 0 saturated carbocycles. The first-order chi connectivity index (χ1) is 34.2. The van der Waals surface area contributed by atoms with Crippen molar-refractivity contribution < 1.29 is 51.9 Å². The van der Waals surface area contributed by atoms with Crippen LogP contribution >= 0.6 is 0 Å². The highest BCUT2D eigenvalue weighted by molar-refractivity contribution is 7.88. The maximum absolute atomic E-state index is 14.5. The summed E-state index contributed by atoms with van der Waals surface area (Å²) in [4.78, 5) is 26.0. The van der Waals surface area contributed by atoms with Crippen LogP contribution in [0.1, 0.15) is 44.5 Å². The molecule has 5 heterocycles. The van der Waals surface area contributed by atoms with Crippen molar-refractivity contribution in [2.45, 2.75) is 14.8 Å². The van der Waals surface area contributed by atoms with E-state index in [1.165, 1.54) is 24.3 Å². The fraction of sp³-hybridized carbons (Fsp3) is 0.0208. The summed E-state index contributed by atoms with van der Waals surface area (Å²) in [6, 6.07) is 34.9. The summed E-state index contributed by atoms with van der Waals surface area (Å²) in [5, 5.41) is 2.28. The minimum Gasteiger partial charge on any atom is -0.282 e. The van der Waals surface area contributed by atoms with Crippen molar-refractivity contribution in [3.63, 3.8) is 0 Å². The Bertz CT molecular complexity index is 4700. The van der Waals surface area contributed by atoms with Gasteiger partial charge in [0.1, 0.15) is 9.79 Å². The van der Waals surface area contributed by atoms with Gasteiger partial charge in [-0.05, 0) is 68.7 Å². The van der Waals surface area contributed by atoms with Crippen LogP contribution in [-0.2, 0) is 45.7 Å². The molecule has 0 fully saturated rings. The lowest BCUT2D eigenvalue weighted by atomic mass is 9.98. The van der Waals surface area contributed by atoms with E-state index in [1.807, 2.05) is 0 Å². The fourth-order valence-electron chi connectivity index (χ4n) is 9.90. The summed E-state index contributed by atoms with van der Waals surface area (Å²) in [6.45, 7) is 0. The summed E-state index contributed by atoms with van der Waals surface area (Å²) >= 11 is 0. The molecule has 0 saturated heterocycles. The van der Waals surface area contributed by atoms with E-state index < -0.39 is 101 Å². The molecule has 24 heteroatoms. The number of fused-ring (bicyclic) bond motifs is 20. The van der Waals surface area contributed by atoms with Crippen molar-refractivity contribution in [2.24, 2.45) is 34.9 Å². The number of amidine groups is 7. The highest BCUT2D eigenvalue weighted by atomic mass is 32.2. The molecule has 0 spiro atoms. The Morgan fingerprint density at radius 2 is 0.722 bits per heavy atom. The first kappa shape index (κ1) is 43.9. The molecule has 1 unspecified atom stereocenters. The second-order valence-electron chi connectivity index (χ2n) is 17.0. The van der Waals surface area contributed by atoms with Crippen molar-refractivity contribution in [1.82, 2.24) is 4.31 Å². The van der Waals surface area contributed by atoms with Gasteiger partial charge in [-0.2, -0.15) is 38.0 Å². The number of hydrogen-bond donors (Lipinski definition) is 4. The predicted molar refractivity (Wildman–Crippen MR) is 268 cm³/mol. The highest BCUT2D eigenvalue weighted by Crippen LogP contribution is 2.51. The van der Waals surface area contributed by atoms with Crippen LogP contribution < -0.4 is 0 Å². The van der Waals surface area contributed by atoms with Crippen LogP contribution in [0, 0.1) is 0 Å². The average Bonchev–Trinajstić information content (AvgIpc) is 4.04. The van der Waals surface area contributed by atoms with Gasteiger partial charge < -0.3 is 0 Å². The molecule has 20 nitrogen and oxygen atoms in total. The maximum atomic E-state index is 14.5. The summed E-state index contributed by atoms with van der Waals surface area (Å²) in [5.41, 5.74) is -1.81. The van der Waals surface area contributed by atoms with E-state index in [0.717, 1.165) is 12.1 Å². The summed E-state index contributed by atoms with van der Waals surface area (Å²) in [5.74, 6) is -3.48. The Balaban J connectivity index is 1.26. The second-order valence-corrected chi connectivity index (χ2v) is 22.5. The monoisotopic (exact) mass is 1030 g/mol. The zero-order chi connectivity index (χ0) is 50.0. The lowest BCUT2D eigenvalue weighted by Gasteiger charge is -2.24. The smallest absolute Gasteiger partial charge is 0.282 e. The molecular formula is C48H26N8O12S4. The van der Waals surface area contributed by atoms with Crippen LogP contribution in [0.3, 0.4) is 0 Å². The molecule has 72 heavy (non-hydrogen) atoms. The van der Waals surface area contributed by atoms with E-state index in [9.17, 15) is 51.9 Å². The van der Waals surface area contributed by atoms with Gasteiger partial charge >= 0.3 is 25.4 Å². The van der Waals surface area contributed by atoms with Gasteiger partial charge in [-0.1, -0.05) is 97.1 Å². The first-order valence-electron chi connectivity index (χ1n) is 21.2. The van der Waals surface area contributed by atoms with Gasteiger partial charge in [-0.25, -0.2) is 34.9 Å². The number of hydrogen-bond acceptors (Lipinski definition) is 15. The standard InChI is InChI=1S/C48H26N8O12S4/c57-69(58,59)39-29-15-7-8-16-30(29)40(70(60,61)62)38-37(39)45-51-43-34-20-26-12-4-6-14-28(26)22-36(34)47(53-43)56(72(66,67)68)46-35-21-27-13-5-3-11-25(27)19-33(35)42(52-46)49-41-31-17-23-9-1-2-10-24(23)18-32(31)44(50-41)54-48(38,55-45)71(63,64)65/h1-22H,(H,57,58,59)(H,60,61,62)(H,63,64,65)(H,66,67,68). The van der Waals surface area contributed by atoms with Crippen molar-refractivity contribution in [3.8, 4) is 0 Å². The zero-order valence-electron chi connectivity index (χ0n) is 36.0. The van der Waals surface area contributed by atoms with E-state index in [-0.39, 0.29) is 50.9 Å². The fourth-order valence-corrected chi connectivity index (χ4v) is 13.4. The zero-order valence-corrected chi connectivity index (χ0v) is 39.2. The molecular weight excluding hydrogens is 1010 g/mol. The molecule has 5 aliphatic rings. The van der Waals surface area contributed by atoms with Gasteiger partial charge in [0.05, 0.1) is 11.1 Å². The topological polar surface area (TPSA) is 307 Å². The van der Waals surface area contributed by atoms with Crippen LogP contribution in [0.5, 0.6) is 0 Å². The Morgan fingerprint density at radius 1 is 0.389 bits per heavy atom. The van der Waals surface area contributed by atoms with Crippen LogP contribution in [-0.4, -0.2) is 97.0 Å². The Hall–Kier alpha value is -8.07. The minimum atomic E-state index is -6.09. The van der Waals surface area contributed by atoms with E-state index >= 15 is 0 Å². The first-order valence-corrected chi connectivity index (χ1v) is 26.9. The number of rotatable bonds is 4. The molecule has 13 rings (SSSR count). The molecule has 0 amide bonds. The molecule has 1 atom stereocenters. The van der Waals surface area contributed by atoms with Gasteiger partial charge in [-0.3, -0.25) is 18.2 Å². The highest BCUT2D eigenvalue weighted by Gasteiger charge is 2.57. The minimum absolute atomic E-state index is 0.0204. The van der Waals surface area contributed by atoms with E-state index in [4.69, 9.17) is 9.98 Å². The van der Waals surface area contributed by atoms with Crippen molar-refractivity contribution >= 4 is 125 Å². The van der Waals surface area contributed by atoms with Gasteiger partial charge in [-0.15, -0.1) is 0 Å². The quantitative estimate of drug-likeness (QED) is 0.141. The van der Waals surface area contributed by atoms with Crippen LogP contribution in [0.25, 0.3) is 43.1 Å². The third-order valence-corrected chi connectivity index (χ3v) is 16.6. The Morgan fingerprint density at radius 3 is 1.14 bits per heavy atom.